The molecule has 1 fully saturated rings. The number of likely N-dealkylation sites (N-methyl/N-ethyl adjacent to an activating group) is 1. The van der Waals surface area contributed by atoms with E-state index in [9.17, 15) is 0 Å². The van der Waals surface area contributed by atoms with E-state index in [1.165, 1.54) is 11.1 Å². The van der Waals surface area contributed by atoms with Gasteiger partial charge in [-0.1, -0.05) is 60.7 Å². The second-order valence-electron chi connectivity index (χ2n) is 7.60. The van der Waals surface area contributed by atoms with Crippen molar-refractivity contribution in [2.75, 3.05) is 40.9 Å². The Kier molecular flexibility index (Phi) is 7.43. The summed E-state index contributed by atoms with van der Waals surface area (Å²) in [6, 6.07) is 21.2. The molecule has 0 spiro atoms. The summed E-state index contributed by atoms with van der Waals surface area (Å²) in [6.45, 7) is 2.27. The van der Waals surface area contributed by atoms with Crippen molar-refractivity contribution in [3.63, 3.8) is 0 Å². The predicted octanol–water partition coefficient (Wildman–Crippen LogP) is 0.313. The zero-order valence-corrected chi connectivity index (χ0v) is 17.4. The average Bonchev–Trinajstić information content (AvgIpc) is 2.57. The van der Waals surface area contributed by atoms with Crippen LogP contribution in [0.25, 0.3) is 0 Å². The lowest BCUT2D eigenvalue weighted by atomic mass is 9.86. The summed E-state index contributed by atoms with van der Waals surface area (Å²) in [5, 5.41) is 0. The number of quaternary nitrogens is 1. The van der Waals surface area contributed by atoms with E-state index >= 15 is 0 Å². The third-order valence-electron chi connectivity index (χ3n) is 4.43. The fraction of sp³-hybridized carbons (Fsp3) is 0.429. The third kappa shape index (κ3) is 5.78. The van der Waals surface area contributed by atoms with Crippen LogP contribution in [0.4, 0.5) is 0 Å². The van der Waals surface area contributed by atoms with Crippen LogP contribution in [0.1, 0.15) is 17.0 Å². The highest BCUT2D eigenvalue weighted by Gasteiger charge is 2.33. The lowest BCUT2D eigenvalue weighted by Crippen LogP contribution is -3.00. The van der Waals surface area contributed by atoms with E-state index in [4.69, 9.17) is 9.47 Å². The van der Waals surface area contributed by atoms with Crippen LogP contribution in [0.2, 0.25) is 0 Å². The molecule has 2 aromatic carbocycles. The molecule has 3 rings (SSSR count). The molecule has 2 aromatic rings. The second-order valence-corrected chi connectivity index (χ2v) is 7.60. The fourth-order valence-corrected chi connectivity index (χ4v) is 3.41. The van der Waals surface area contributed by atoms with Crippen molar-refractivity contribution >= 4 is 0 Å². The van der Waals surface area contributed by atoms with Crippen molar-refractivity contribution < 1.29 is 37.9 Å². The molecule has 2 atom stereocenters. The Bertz CT molecular complexity index is 580. The highest BCUT2D eigenvalue weighted by Crippen LogP contribution is 2.31. The van der Waals surface area contributed by atoms with Gasteiger partial charge in [-0.2, -0.15) is 0 Å². The van der Waals surface area contributed by atoms with E-state index in [-0.39, 0.29) is 42.1 Å². The summed E-state index contributed by atoms with van der Waals surface area (Å²) in [5.74, 6) is 0.206. The third-order valence-corrected chi connectivity index (χ3v) is 4.43. The maximum atomic E-state index is 6.27. The standard InChI is InChI=1S/C21H28NO2.HI/c1-22(2,3)14-19-15-24-20(16-23-19)21(17-10-6-4-7-11-17)18-12-8-5-9-13-18;/h4-13,19-21H,14-16H2,1-3H3;1H/q+1;/p-1/t19-,20-;/m1./s1. The van der Waals surface area contributed by atoms with Crippen molar-refractivity contribution in [3.05, 3.63) is 71.8 Å². The van der Waals surface area contributed by atoms with Crippen molar-refractivity contribution in [2.45, 2.75) is 18.1 Å². The number of rotatable bonds is 5. The van der Waals surface area contributed by atoms with Crippen LogP contribution in [-0.2, 0) is 9.47 Å². The number of benzene rings is 2. The highest BCUT2D eigenvalue weighted by atomic mass is 127. The molecule has 1 saturated heterocycles. The second kappa shape index (κ2) is 9.12. The van der Waals surface area contributed by atoms with E-state index in [0.717, 1.165) is 11.0 Å². The van der Waals surface area contributed by atoms with Crippen LogP contribution in [0, 0.1) is 0 Å². The maximum absolute atomic E-state index is 6.27. The molecule has 4 heteroatoms. The Labute approximate surface area is 168 Å². The summed E-state index contributed by atoms with van der Waals surface area (Å²) in [6.07, 6.45) is 0.229. The average molecular weight is 453 g/mol. The van der Waals surface area contributed by atoms with Gasteiger partial charge < -0.3 is 37.9 Å². The van der Waals surface area contributed by atoms with Crippen LogP contribution >= 0.6 is 0 Å². The van der Waals surface area contributed by atoms with Gasteiger partial charge in [-0.05, 0) is 11.1 Å². The highest BCUT2D eigenvalue weighted by molar-refractivity contribution is 5.34. The fourth-order valence-electron chi connectivity index (χ4n) is 3.41. The van der Waals surface area contributed by atoms with Crippen LogP contribution in [-0.4, -0.2) is 57.6 Å². The van der Waals surface area contributed by atoms with Crippen molar-refractivity contribution in [1.29, 1.82) is 0 Å². The van der Waals surface area contributed by atoms with Gasteiger partial charge in [-0.25, -0.2) is 0 Å². The van der Waals surface area contributed by atoms with Gasteiger partial charge >= 0.3 is 0 Å². The van der Waals surface area contributed by atoms with Crippen LogP contribution in [0.15, 0.2) is 60.7 Å². The van der Waals surface area contributed by atoms with Gasteiger partial charge in [-0.3, -0.25) is 0 Å². The Hall–Kier alpha value is -0.950. The molecule has 25 heavy (non-hydrogen) atoms. The minimum Gasteiger partial charge on any atom is -1.00 e. The summed E-state index contributed by atoms with van der Waals surface area (Å²) in [4.78, 5) is 0. The first-order valence-corrected chi connectivity index (χ1v) is 8.66. The number of hydrogen-bond donors (Lipinski definition) is 0. The van der Waals surface area contributed by atoms with E-state index in [2.05, 4.69) is 81.8 Å². The minimum atomic E-state index is 0. The zero-order valence-electron chi connectivity index (χ0n) is 15.3. The normalized spacial score (nSPS) is 21.0. The van der Waals surface area contributed by atoms with Gasteiger partial charge in [0.15, 0.2) is 0 Å². The van der Waals surface area contributed by atoms with E-state index < -0.39 is 0 Å². The van der Waals surface area contributed by atoms with Crippen LogP contribution < -0.4 is 24.0 Å². The summed E-state index contributed by atoms with van der Waals surface area (Å²) < 4.78 is 13.3. The number of ether oxygens (including phenoxy) is 2. The Morgan fingerprint density at radius 3 is 1.76 bits per heavy atom. The Balaban J connectivity index is 0.00000225. The topological polar surface area (TPSA) is 18.5 Å². The molecule has 0 aliphatic carbocycles. The van der Waals surface area contributed by atoms with Crippen LogP contribution in [0.3, 0.4) is 0 Å². The lowest BCUT2D eigenvalue weighted by Gasteiger charge is -2.37. The van der Waals surface area contributed by atoms with Gasteiger partial charge in [0.25, 0.3) is 0 Å². The quantitative estimate of drug-likeness (QED) is 0.480. The molecule has 0 radical (unpaired) electrons. The molecule has 3 nitrogen and oxygen atoms in total. The number of halogens is 1. The first-order valence-electron chi connectivity index (χ1n) is 8.66. The Morgan fingerprint density at radius 1 is 0.840 bits per heavy atom. The van der Waals surface area contributed by atoms with Crippen LogP contribution in [0.5, 0.6) is 0 Å². The molecule has 0 saturated carbocycles. The first-order chi connectivity index (χ1) is 11.5. The number of nitrogens with zero attached hydrogens (tertiary/aromatic N) is 1. The van der Waals surface area contributed by atoms with Gasteiger partial charge in [0.05, 0.1) is 40.5 Å². The van der Waals surface area contributed by atoms with Gasteiger partial charge in [0.2, 0.25) is 0 Å². The molecular formula is C21H28INO2. The zero-order chi connectivity index (χ0) is 17.0. The molecular weight excluding hydrogens is 425 g/mol. The van der Waals surface area contributed by atoms with E-state index in [0.29, 0.717) is 13.2 Å². The van der Waals surface area contributed by atoms with E-state index in [1.54, 1.807) is 0 Å². The molecule has 0 N–H and O–H groups in total. The van der Waals surface area contributed by atoms with Crippen molar-refractivity contribution in [3.8, 4) is 0 Å². The maximum Gasteiger partial charge on any atom is 0.130 e. The molecule has 1 heterocycles. The summed E-state index contributed by atoms with van der Waals surface area (Å²) in [7, 11) is 6.56. The largest absolute Gasteiger partial charge is 1.00 e. The monoisotopic (exact) mass is 453 g/mol. The number of hydrogen-bond acceptors (Lipinski definition) is 2. The molecule has 0 amide bonds. The molecule has 1 aliphatic heterocycles. The van der Waals surface area contributed by atoms with Crippen molar-refractivity contribution in [1.82, 2.24) is 0 Å². The van der Waals surface area contributed by atoms with Gasteiger partial charge in [0, 0.05) is 5.92 Å². The predicted molar refractivity (Wildman–Crippen MR) is 97.1 cm³/mol. The smallest absolute Gasteiger partial charge is 0.130 e. The van der Waals surface area contributed by atoms with Crippen molar-refractivity contribution in [2.24, 2.45) is 0 Å². The molecule has 0 bridgehead atoms. The van der Waals surface area contributed by atoms with E-state index in [1.807, 2.05) is 0 Å². The summed E-state index contributed by atoms with van der Waals surface area (Å²) >= 11 is 0. The first kappa shape index (κ1) is 20.4. The minimum absolute atomic E-state index is 0. The van der Waals surface area contributed by atoms with Gasteiger partial charge in [-0.15, -0.1) is 0 Å². The lowest BCUT2D eigenvalue weighted by molar-refractivity contribution is -0.874. The SMILES string of the molecule is C[N+](C)(C)C[C@@H]1CO[C@@H](C(c2ccccc2)c2ccccc2)CO1.[I-]. The van der Waals surface area contributed by atoms with Gasteiger partial charge in [0.1, 0.15) is 12.6 Å². The Morgan fingerprint density at radius 2 is 1.36 bits per heavy atom. The summed E-state index contributed by atoms with van der Waals surface area (Å²) in [5.41, 5.74) is 2.56. The molecule has 0 aromatic heterocycles. The molecule has 1 aliphatic rings. The molecule has 136 valence electrons. The molecule has 0 unspecified atom stereocenters.